The minimum Gasteiger partial charge on any atom is -0.481 e. The van der Waals surface area contributed by atoms with Gasteiger partial charge in [0.2, 0.25) is 0 Å². The normalized spacial score (nSPS) is 23.3. The van der Waals surface area contributed by atoms with Crippen molar-refractivity contribution in [3.8, 4) is 0 Å². The summed E-state index contributed by atoms with van der Waals surface area (Å²) in [6.45, 7) is 5.38. The molecule has 3 unspecified atom stereocenters. The molecule has 0 aromatic rings. The predicted octanol–water partition coefficient (Wildman–Crippen LogP) is 1.74. The van der Waals surface area contributed by atoms with Crippen LogP contribution in [0.4, 0.5) is 4.79 Å². The highest BCUT2D eigenvalue weighted by atomic mass is 16.5. The molecule has 1 aliphatic heterocycles. The highest BCUT2D eigenvalue weighted by Gasteiger charge is 2.26. The Bertz CT molecular complexity index is 322. The van der Waals surface area contributed by atoms with Gasteiger partial charge < -0.3 is 20.5 Å². The molecule has 1 aliphatic rings. The molecule has 20 heavy (non-hydrogen) atoms. The average molecular weight is 286 g/mol. The van der Waals surface area contributed by atoms with E-state index >= 15 is 0 Å². The third-order valence-corrected chi connectivity index (χ3v) is 3.68. The molecule has 3 N–H and O–H groups in total. The molecule has 0 aromatic carbocycles. The lowest BCUT2D eigenvalue weighted by Gasteiger charge is -2.19. The van der Waals surface area contributed by atoms with E-state index < -0.39 is 5.97 Å². The molecule has 0 saturated carbocycles. The molecule has 0 aliphatic carbocycles. The first kappa shape index (κ1) is 16.8. The largest absolute Gasteiger partial charge is 0.481 e. The number of nitrogens with one attached hydrogen (secondary N) is 2. The van der Waals surface area contributed by atoms with Crippen LogP contribution in [0.3, 0.4) is 0 Å². The van der Waals surface area contributed by atoms with Crippen molar-refractivity contribution < 1.29 is 19.4 Å². The fourth-order valence-corrected chi connectivity index (χ4v) is 2.51. The molecule has 0 radical (unpaired) electrons. The monoisotopic (exact) mass is 286 g/mol. The minimum absolute atomic E-state index is 0.0175. The second kappa shape index (κ2) is 8.79. The van der Waals surface area contributed by atoms with Crippen LogP contribution in [0.1, 0.15) is 46.0 Å². The Morgan fingerprint density at radius 1 is 1.45 bits per heavy atom. The number of amides is 2. The van der Waals surface area contributed by atoms with Crippen molar-refractivity contribution in [2.45, 2.75) is 58.1 Å². The number of carboxylic acids is 1. The van der Waals surface area contributed by atoms with E-state index in [2.05, 4.69) is 17.6 Å². The molecule has 0 bridgehead atoms. The molecule has 0 spiro atoms. The molecular weight excluding hydrogens is 260 g/mol. The van der Waals surface area contributed by atoms with Gasteiger partial charge in [-0.1, -0.05) is 6.92 Å². The van der Waals surface area contributed by atoms with Crippen LogP contribution in [-0.2, 0) is 9.53 Å². The van der Waals surface area contributed by atoms with Gasteiger partial charge in [-0.05, 0) is 32.6 Å². The molecule has 3 atom stereocenters. The summed E-state index contributed by atoms with van der Waals surface area (Å²) in [5, 5.41) is 14.2. The number of carboxylic acid groups (broad SMARTS) is 1. The molecule has 1 saturated heterocycles. The van der Waals surface area contributed by atoms with Crippen LogP contribution in [0.25, 0.3) is 0 Å². The molecule has 0 aromatic heterocycles. The fraction of sp³-hybridized carbons (Fsp3) is 0.857. The third-order valence-electron chi connectivity index (χ3n) is 3.68. The summed E-state index contributed by atoms with van der Waals surface area (Å²) in [7, 11) is 0. The number of urea groups is 1. The molecule has 1 fully saturated rings. The van der Waals surface area contributed by atoms with E-state index in [9.17, 15) is 9.59 Å². The molecule has 116 valence electrons. The number of carbonyl (C=O) groups excluding carboxylic acids is 1. The Balaban J connectivity index is 2.14. The maximum absolute atomic E-state index is 11.7. The SMILES string of the molecule is CCC1OCCC1CNC(=O)NC(C)CCCC(=O)O. The quantitative estimate of drug-likeness (QED) is 0.634. The maximum atomic E-state index is 11.7. The fourth-order valence-electron chi connectivity index (χ4n) is 2.51. The van der Waals surface area contributed by atoms with Gasteiger partial charge in [0.1, 0.15) is 0 Å². The van der Waals surface area contributed by atoms with Crippen LogP contribution < -0.4 is 10.6 Å². The van der Waals surface area contributed by atoms with E-state index in [4.69, 9.17) is 9.84 Å². The van der Waals surface area contributed by atoms with E-state index in [0.29, 0.717) is 25.3 Å². The van der Waals surface area contributed by atoms with E-state index in [1.807, 2.05) is 6.92 Å². The number of hydrogen-bond donors (Lipinski definition) is 3. The highest BCUT2D eigenvalue weighted by molar-refractivity contribution is 5.74. The smallest absolute Gasteiger partial charge is 0.315 e. The summed E-state index contributed by atoms with van der Waals surface area (Å²) < 4.78 is 5.58. The second-order valence-corrected chi connectivity index (χ2v) is 5.41. The standard InChI is InChI=1S/C14H26N2O4/c1-3-12-11(7-8-20-12)9-15-14(19)16-10(2)5-4-6-13(17)18/h10-12H,3-9H2,1-2H3,(H,17,18)(H2,15,16,19). The summed E-state index contributed by atoms with van der Waals surface area (Å²) in [4.78, 5) is 22.1. The first-order chi connectivity index (χ1) is 9.52. The van der Waals surface area contributed by atoms with Crippen molar-refractivity contribution in [1.29, 1.82) is 0 Å². The van der Waals surface area contributed by atoms with Crippen molar-refractivity contribution in [2.24, 2.45) is 5.92 Å². The number of carbonyl (C=O) groups is 2. The highest BCUT2D eigenvalue weighted by Crippen LogP contribution is 2.22. The van der Waals surface area contributed by atoms with Crippen LogP contribution in [0.2, 0.25) is 0 Å². The van der Waals surface area contributed by atoms with Crippen LogP contribution in [0.5, 0.6) is 0 Å². The first-order valence-corrected chi connectivity index (χ1v) is 7.40. The summed E-state index contributed by atoms with van der Waals surface area (Å²) in [5.41, 5.74) is 0. The van der Waals surface area contributed by atoms with Crippen LogP contribution >= 0.6 is 0 Å². The molecule has 1 heterocycles. The van der Waals surface area contributed by atoms with Crippen molar-refractivity contribution in [2.75, 3.05) is 13.2 Å². The van der Waals surface area contributed by atoms with Crippen molar-refractivity contribution in [1.82, 2.24) is 10.6 Å². The van der Waals surface area contributed by atoms with Gasteiger partial charge in [0.25, 0.3) is 0 Å². The first-order valence-electron chi connectivity index (χ1n) is 7.40. The Labute approximate surface area is 120 Å². The number of ether oxygens (including phenoxy) is 1. The summed E-state index contributed by atoms with van der Waals surface area (Å²) >= 11 is 0. The molecule has 2 amide bonds. The molecule has 6 heteroatoms. The molecular formula is C14H26N2O4. The zero-order valence-electron chi connectivity index (χ0n) is 12.4. The van der Waals surface area contributed by atoms with E-state index in [1.165, 1.54) is 0 Å². The Kier molecular flexibility index (Phi) is 7.36. The minimum atomic E-state index is -0.798. The number of hydrogen-bond acceptors (Lipinski definition) is 3. The third kappa shape index (κ3) is 6.23. The van der Waals surface area contributed by atoms with Crippen molar-refractivity contribution in [3.05, 3.63) is 0 Å². The van der Waals surface area contributed by atoms with Gasteiger partial charge in [0.05, 0.1) is 6.10 Å². The second-order valence-electron chi connectivity index (χ2n) is 5.41. The molecule has 6 nitrogen and oxygen atoms in total. The van der Waals surface area contributed by atoms with E-state index in [-0.39, 0.29) is 24.6 Å². The van der Waals surface area contributed by atoms with Gasteiger partial charge in [-0.2, -0.15) is 0 Å². The zero-order chi connectivity index (χ0) is 15.0. The van der Waals surface area contributed by atoms with Crippen molar-refractivity contribution in [3.63, 3.8) is 0 Å². The van der Waals surface area contributed by atoms with Crippen LogP contribution in [-0.4, -0.2) is 42.4 Å². The summed E-state index contributed by atoms with van der Waals surface area (Å²) in [5.74, 6) is -0.401. The predicted molar refractivity (Wildman–Crippen MR) is 75.6 cm³/mol. The van der Waals surface area contributed by atoms with Gasteiger partial charge in [-0.15, -0.1) is 0 Å². The maximum Gasteiger partial charge on any atom is 0.315 e. The molecule has 1 rings (SSSR count). The average Bonchev–Trinajstić information content (AvgIpc) is 2.83. The topological polar surface area (TPSA) is 87.7 Å². The van der Waals surface area contributed by atoms with Crippen LogP contribution in [0, 0.1) is 5.92 Å². The van der Waals surface area contributed by atoms with Crippen molar-refractivity contribution >= 4 is 12.0 Å². The van der Waals surface area contributed by atoms with E-state index in [0.717, 1.165) is 19.4 Å². The number of rotatable bonds is 8. The Morgan fingerprint density at radius 2 is 2.20 bits per heavy atom. The van der Waals surface area contributed by atoms with Gasteiger partial charge in [-0.3, -0.25) is 4.79 Å². The lowest BCUT2D eigenvalue weighted by Crippen LogP contribution is -2.43. The van der Waals surface area contributed by atoms with E-state index in [1.54, 1.807) is 0 Å². The van der Waals surface area contributed by atoms with Gasteiger partial charge >= 0.3 is 12.0 Å². The van der Waals surface area contributed by atoms with Gasteiger partial charge in [0.15, 0.2) is 0 Å². The lowest BCUT2D eigenvalue weighted by molar-refractivity contribution is -0.137. The summed E-state index contributed by atoms with van der Waals surface area (Å²) in [6.07, 6.45) is 3.61. The van der Waals surface area contributed by atoms with Gasteiger partial charge in [-0.25, -0.2) is 4.79 Å². The zero-order valence-corrected chi connectivity index (χ0v) is 12.4. The Hall–Kier alpha value is -1.30. The van der Waals surface area contributed by atoms with Gasteiger partial charge in [0, 0.05) is 31.5 Å². The lowest BCUT2D eigenvalue weighted by atomic mass is 10.00. The summed E-state index contributed by atoms with van der Waals surface area (Å²) in [6, 6.07) is -0.203. The van der Waals surface area contributed by atoms with Crippen LogP contribution in [0.15, 0.2) is 0 Å². The number of aliphatic carboxylic acids is 1. The Morgan fingerprint density at radius 3 is 2.85 bits per heavy atom.